The molecule has 0 saturated heterocycles. The lowest BCUT2D eigenvalue weighted by Gasteiger charge is -2.09. The number of benzene rings is 2. The summed E-state index contributed by atoms with van der Waals surface area (Å²) in [6, 6.07) is 11.6. The van der Waals surface area contributed by atoms with Crippen molar-refractivity contribution in [2.24, 2.45) is 0 Å². The molecule has 0 atom stereocenters. The van der Waals surface area contributed by atoms with Gasteiger partial charge in [0.25, 0.3) is 0 Å². The second-order valence-corrected chi connectivity index (χ2v) is 7.46. The number of nitrogens with one attached hydrogen (secondary N) is 1. The Kier molecular flexibility index (Phi) is 6.87. The highest BCUT2D eigenvalue weighted by Gasteiger charge is 2.14. The average molecular weight is 415 g/mol. The first-order valence-electron chi connectivity index (χ1n) is 9.26. The number of hydrogen-bond donors (Lipinski definition) is 1. The minimum atomic E-state index is -0.313. The number of hydrogen-bond acceptors (Lipinski definition) is 5. The van der Waals surface area contributed by atoms with E-state index in [2.05, 4.69) is 15.5 Å². The molecule has 3 rings (SSSR count). The van der Waals surface area contributed by atoms with E-state index >= 15 is 0 Å². The summed E-state index contributed by atoms with van der Waals surface area (Å²) in [7, 11) is 0. The molecule has 0 unspecified atom stereocenters. The summed E-state index contributed by atoms with van der Waals surface area (Å²) in [6.07, 6.45) is 0. The maximum Gasteiger partial charge on any atom is 0.234 e. The fourth-order valence-electron chi connectivity index (χ4n) is 2.68. The molecule has 152 valence electrons. The molecular weight excluding hydrogens is 391 g/mol. The minimum absolute atomic E-state index is 0.104. The molecule has 3 aromatic rings. The number of thioether (sulfide) groups is 1. The minimum Gasteiger partial charge on any atom is -0.486 e. The van der Waals surface area contributed by atoms with Crippen molar-refractivity contribution >= 4 is 23.4 Å². The highest BCUT2D eigenvalue weighted by atomic mass is 32.2. The quantitative estimate of drug-likeness (QED) is 0.555. The Bertz CT molecular complexity index is 989. The predicted octanol–water partition coefficient (Wildman–Crippen LogP) is 4.36. The van der Waals surface area contributed by atoms with Gasteiger partial charge in [0, 0.05) is 12.2 Å². The van der Waals surface area contributed by atoms with Crippen molar-refractivity contribution in [3.8, 4) is 5.75 Å². The first-order valence-corrected chi connectivity index (χ1v) is 10.2. The number of ether oxygens (including phenoxy) is 1. The van der Waals surface area contributed by atoms with Gasteiger partial charge in [0.2, 0.25) is 5.91 Å². The zero-order valence-electron chi connectivity index (χ0n) is 16.6. The van der Waals surface area contributed by atoms with Crippen molar-refractivity contribution in [1.29, 1.82) is 0 Å². The lowest BCUT2D eigenvalue weighted by Crippen LogP contribution is -2.15. The SMILES string of the molecule is CCn1c(COc2ccc(F)cc2)nnc1SCC(=O)Nc1ccc(C)c(C)c1. The van der Waals surface area contributed by atoms with Crippen molar-refractivity contribution in [3.05, 3.63) is 65.2 Å². The molecule has 1 amide bonds. The molecule has 0 radical (unpaired) electrons. The van der Waals surface area contributed by atoms with Crippen molar-refractivity contribution in [2.45, 2.75) is 39.1 Å². The number of carbonyl (C=O) groups is 1. The van der Waals surface area contributed by atoms with Crippen LogP contribution in [0.25, 0.3) is 0 Å². The molecular formula is C21H23FN4O2S. The third kappa shape index (κ3) is 5.57. The van der Waals surface area contributed by atoms with Gasteiger partial charge < -0.3 is 14.6 Å². The fourth-order valence-corrected chi connectivity index (χ4v) is 3.50. The molecule has 0 aliphatic rings. The summed E-state index contributed by atoms with van der Waals surface area (Å²) in [5.74, 6) is 1.01. The number of carbonyl (C=O) groups excluding carboxylic acids is 1. The van der Waals surface area contributed by atoms with Crippen molar-refractivity contribution in [3.63, 3.8) is 0 Å². The standard InChI is InChI=1S/C21H23FN4O2S/c1-4-26-19(12-28-18-9-6-16(22)7-10-18)24-25-21(26)29-13-20(27)23-17-8-5-14(2)15(3)11-17/h5-11H,4,12-13H2,1-3H3,(H,23,27). The van der Waals surface area contributed by atoms with Crippen molar-refractivity contribution in [1.82, 2.24) is 14.8 Å². The van der Waals surface area contributed by atoms with Crippen LogP contribution in [-0.2, 0) is 17.9 Å². The van der Waals surface area contributed by atoms with Crippen LogP contribution in [0.15, 0.2) is 47.6 Å². The Morgan fingerprint density at radius 1 is 1.14 bits per heavy atom. The second kappa shape index (κ2) is 9.56. The van der Waals surface area contributed by atoms with E-state index < -0.39 is 0 Å². The van der Waals surface area contributed by atoms with Crippen LogP contribution in [0.5, 0.6) is 5.75 Å². The van der Waals surface area contributed by atoms with E-state index in [4.69, 9.17) is 4.74 Å². The highest BCUT2D eigenvalue weighted by Crippen LogP contribution is 2.20. The van der Waals surface area contributed by atoms with Gasteiger partial charge in [-0.05, 0) is 68.3 Å². The Morgan fingerprint density at radius 2 is 1.90 bits per heavy atom. The van der Waals surface area contributed by atoms with Crippen molar-refractivity contribution < 1.29 is 13.9 Å². The smallest absolute Gasteiger partial charge is 0.234 e. The maximum absolute atomic E-state index is 13.0. The number of nitrogens with zero attached hydrogens (tertiary/aromatic N) is 3. The maximum atomic E-state index is 13.0. The van der Waals surface area contributed by atoms with Crippen LogP contribution in [0.3, 0.4) is 0 Å². The van der Waals surface area contributed by atoms with E-state index in [1.165, 1.54) is 29.5 Å². The molecule has 1 heterocycles. The van der Waals surface area contributed by atoms with Crippen LogP contribution in [0.2, 0.25) is 0 Å². The van der Waals surface area contributed by atoms with E-state index in [1.54, 1.807) is 12.1 Å². The van der Waals surface area contributed by atoms with Crippen molar-refractivity contribution in [2.75, 3.05) is 11.1 Å². The van der Waals surface area contributed by atoms with E-state index in [-0.39, 0.29) is 24.1 Å². The molecule has 0 fully saturated rings. The molecule has 0 aliphatic carbocycles. The largest absolute Gasteiger partial charge is 0.486 e. The van der Waals surface area contributed by atoms with E-state index in [0.717, 1.165) is 11.3 Å². The Labute approximate surface area is 173 Å². The van der Waals surface area contributed by atoms with Gasteiger partial charge in [0.1, 0.15) is 18.2 Å². The van der Waals surface area contributed by atoms with Crippen LogP contribution >= 0.6 is 11.8 Å². The molecule has 8 heteroatoms. The van der Waals surface area contributed by atoms with Gasteiger partial charge in [-0.25, -0.2) is 4.39 Å². The molecule has 1 N–H and O–H groups in total. The number of amides is 1. The summed E-state index contributed by atoms with van der Waals surface area (Å²) < 4.78 is 20.5. The summed E-state index contributed by atoms with van der Waals surface area (Å²) in [5.41, 5.74) is 3.10. The Balaban J connectivity index is 1.57. The molecule has 0 spiro atoms. The number of anilines is 1. The molecule has 1 aromatic heterocycles. The summed E-state index contributed by atoms with van der Waals surface area (Å²) in [4.78, 5) is 12.3. The zero-order valence-corrected chi connectivity index (χ0v) is 17.4. The lowest BCUT2D eigenvalue weighted by molar-refractivity contribution is -0.113. The Hall–Kier alpha value is -2.87. The second-order valence-electron chi connectivity index (χ2n) is 6.52. The van der Waals surface area contributed by atoms with Gasteiger partial charge in [-0.3, -0.25) is 4.79 Å². The van der Waals surface area contributed by atoms with Gasteiger partial charge in [-0.2, -0.15) is 0 Å². The Morgan fingerprint density at radius 3 is 2.59 bits per heavy atom. The number of halogens is 1. The molecule has 29 heavy (non-hydrogen) atoms. The van der Waals surface area contributed by atoms with Gasteiger partial charge in [0.15, 0.2) is 11.0 Å². The third-order valence-electron chi connectivity index (χ3n) is 4.41. The fraction of sp³-hybridized carbons (Fsp3) is 0.286. The first-order chi connectivity index (χ1) is 14.0. The van der Waals surface area contributed by atoms with Crippen LogP contribution in [0.4, 0.5) is 10.1 Å². The van der Waals surface area contributed by atoms with Gasteiger partial charge in [0.05, 0.1) is 5.75 Å². The third-order valence-corrected chi connectivity index (χ3v) is 5.38. The molecule has 0 saturated carbocycles. The van der Waals surface area contributed by atoms with E-state index in [9.17, 15) is 9.18 Å². The van der Waals surface area contributed by atoms with Gasteiger partial charge in [-0.15, -0.1) is 10.2 Å². The van der Waals surface area contributed by atoms with Crippen LogP contribution in [0.1, 0.15) is 23.9 Å². The monoisotopic (exact) mass is 414 g/mol. The highest BCUT2D eigenvalue weighted by molar-refractivity contribution is 7.99. The first kappa shape index (κ1) is 20.9. The topological polar surface area (TPSA) is 69.0 Å². The zero-order chi connectivity index (χ0) is 20.8. The normalized spacial score (nSPS) is 10.8. The van der Waals surface area contributed by atoms with Crippen LogP contribution in [-0.4, -0.2) is 26.4 Å². The number of rotatable bonds is 8. The van der Waals surface area contributed by atoms with E-state index in [0.29, 0.717) is 23.3 Å². The number of aryl methyl sites for hydroxylation is 2. The summed E-state index contributed by atoms with van der Waals surface area (Å²) in [6.45, 7) is 6.88. The van der Waals surface area contributed by atoms with Gasteiger partial charge in [-0.1, -0.05) is 17.8 Å². The summed E-state index contributed by atoms with van der Waals surface area (Å²) >= 11 is 1.32. The van der Waals surface area contributed by atoms with Gasteiger partial charge >= 0.3 is 0 Å². The molecule has 0 bridgehead atoms. The molecule has 2 aromatic carbocycles. The predicted molar refractivity (Wildman–Crippen MR) is 112 cm³/mol. The number of aromatic nitrogens is 3. The van der Waals surface area contributed by atoms with Crippen LogP contribution < -0.4 is 10.1 Å². The van der Waals surface area contributed by atoms with E-state index in [1.807, 2.05) is 43.5 Å². The van der Waals surface area contributed by atoms with Crippen LogP contribution in [0, 0.1) is 19.7 Å². The average Bonchev–Trinajstić information content (AvgIpc) is 3.10. The molecule has 0 aliphatic heterocycles. The summed E-state index contributed by atoms with van der Waals surface area (Å²) in [5, 5.41) is 11.9. The lowest BCUT2D eigenvalue weighted by atomic mass is 10.1. The molecule has 6 nitrogen and oxygen atoms in total.